The van der Waals surface area contributed by atoms with Crippen LogP contribution in [0.4, 0.5) is 18.9 Å². The molecule has 21 heavy (non-hydrogen) atoms. The van der Waals surface area contributed by atoms with E-state index in [1.807, 2.05) is 5.43 Å². The normalized spacial score (nSPS) is 18.6. The van der Waals surface area contributed by atoms with Crippen LogP contribution in [0, 0.1) is 5.92 Å². The summed E-state index contributed by atoms with van der Waals surface area (Å²) in [4.78, 5) is 11.9. The first-order valence-corrected chi connectivity index (χ1v) is 6.45. The number of hydrogen-bond acceptors (Lipinski definition) is 4. The summed E-state index contributed by atoms with van der Waals surface area (Å²) in [6.07, 6.45) is -3.75. The minimum Gasteiger partial charge on any atom is -0.381 e. The number of amides is 1. The Morgan fingerprint density at radius 2 is 2.19 bits per heavy atom. The van der Waals surface area contributed by atoms with E-state index < -0.39 is 17.6 Å². The molecule has 1 aromatic rings. The first-order valence-electron chi connectivity index (χ1n) is 6.45. The van der Waals surface area contributed by atoms with E-state index >= 15 is 0 Å². The van der Waals surface area contributed by atoms with Crippen LogP contribution in [0.3, 0.4) is 0 Å². The van der Waals surface area contributed by atoms with Crippen molar-refractivity contribution in [1.82, 2.24) is 5.32 Å². The Labute approximate surface area is 119 Å². The van der Waals surface area contributed by atoms with Gasteiger partial charge in [0, 0.05) is 24.6 Å². The average molecular weight is 303 g/mol. The van der Waals surface area contributed by atoms with E-state index in [2.05, 4.69) is 5.32 Å². The molecular weight excluding hydrogens is 287 g/mol. The topological polar surface area (TPSA) is 76.4 Å². The highest BCUT2D eigenvalue weighted by molar-refractivity contribution is 5.95. The Balaban J connectivity index is 2.10. The zero-order valence-electron chi connectivity index (χ0n) is 11.2. The molecule has 0 aliphatic carbocycles. The monoisotopic (exact) mass is 303 g/mol. The van der Waals surface area contributed by atoms with Gasteiger partial charge in [0.1, 0.15) is 0 Å². The van der Waals surface area contributed by atoms with Gasteiger partial charge in [-0.15, -0.1) is 0 Å². The molecule has 116 valence electrons. The van der Waals surface area contributed by atoms with Crippen LogP contribution in [0.15, 0.2) is 18.2 Å². The number of benzene rings is 1. The van der Waals surface area contributed by atoms with Gasteiger partial charge in [0.25, 0.3) is 5.91 Å². The van der Waals surface area contributed by atoms with Gasteiger partial charge in [-0.2, -0.15) is 13.2 Å². The lowest BCUT2D eigenvalue weighted by molar-refractivity contribution is -0.137. The summed E-state index contributed by atoms with van der Waals surface area (Å²) < 4.78 is 43.8. The van der Waals surface area contributed by atoms with Crippen molar-refractivity contribution in [2.75, 3.05) is 25.2 Å². The number of alkyl halides is 3. The number of hydrazine groups is 1. The summed E-state index contributed by atoms with van der Waals surface area (Å²) in [6, 6.07) is 3.22. The van der Waals surface area contributed by atoms with E-state index in [0.29, 0.717) is 19.8 Å². The Kier molecular flexibility index (Phi) is 4.69. The second-order valence-electron chi connectivity index (χ2n) is 4.84. The molecule has 0 aromatic heterocycles. The Bertz CT molecular complexity index is 514. The molecule has 1 amide bonds. The Morgan fingerprint density at radius 3 is 2.76 bits per heavy atom. The van der Waals surface area contributed by atoms with Crippen LogP contribution in [0.5, 0.6) is 0 Å². The van der Waals surface area contributed by atoms with Gasteiger partial charge >= 0.3 is 6.18 Å². The molecule has 1 atom stereocenters. The van der Waals surface area contributed by atoms with Gasteiger partial charge in [-0.25, -0.2) is 0 Å². The van der Waals surface area contributed by atoms with Crippen LogP contribution in [0.1, 0.15) is 22.3 Å². The number of nitrogen functional groups attached to an aromatic ring is 1. The lowest BCUT2D eigenvalue weighted by atomic mass is 10.1. The first kappa shape index (κ1) is 15.6. The number of hydrogen-bond donors (Lipinski definition) is 3. The van der Waals surface area contributed by atoms with Gasteiger partial charge in [0.05, 0.1) is 17.9 Å². The summed E-state index contributed by atoms with van der Waals surface area (Å²) in [5, 5.41) is 2.62. The van der Waals surface area contributed by atoms with Gasteiger partial charge in [0.2, 0.25) is 0 Å². The average Bonchev–Trinajstić information content (AvgIpc) is 2.96. The highest BCUT2D eigenvalue weighted by Gasteiger charge is 2.34. The quantitative estimate of drug-likeness (QED) is 0.585. The molecular formula is C13H16F3N3O2. The van der Waals surface area contributed by atoms with E-state index in [0.717, 1.165) is 18.6 Å². The van der Waals surface area contributed by atoms with E-state index in [1.165, 1.54) is 6.07 Å². The number of anilines is 1. The second-order valence-corrected chi connectivity index (χ2v) is 4.84. The Morgan fingerprint density at radius 1 is 1.43 bits per heavy atom. The molecule has 1 fully saturated rings. The highest BCUT2D eigenvalue weighted by atomic mass is 19.4. The summed E-state index contributed by atoms with van der Waals surface area (Å²) in [7, 11) is 0. The molecule has 4 N–H and O–H groups in total. The van der Waals surface area contributed by atoms with Crippen molar-refractivity contribution in [3.8, 4) is 0 Å². The third-order valence-corrected chi connectivity index (χ3v) is 3.32. The van der Waals surface area contributed by atoms with E-state index in [9.17, 15) is 18.0 Å². The molecule has 1 unspecified atom stereocenters. The Hall–Kier alpha value is -1.80. The van der Waals surface area contributed by atoms with Crippen molar-refractivity contribution in [2.45, 2.75) is 12.6 Å². The standard InChI is InChI=1S/C13H16F3N3O2/c14-13(15,16)10-5-9(1-2-11(10)19-17)12(20)18-6-8-3-4-21-7-8/h1-2,5,8,19H,3-4,6-7,17H2,(H,18,20). The third kappa shape index (κ3) is 3.85. The molecule has 1 aliphatic rings. The van der Waals surface area contributed by atoms with Gasteiger partial charge in [-0.3, -0.25) is 10.6 Å². The lowest BCUT2D eigenvalue weighted by Crippen LogP contribution is -2.29. The van der Waals surface area contributed by atoms with Crippen LogP contribution in [0.2, 0.25) is 0 Å². The van der Waals surface area contributed by atoms with Crippen molar-refractivity contribution in [1.29, 1.82) is 0 Å². The number of nitrogens with two attached hydrogens (primary N) is 1. The van der Waals surface area contributed by atoms with Crippen LogP contribution < -0.4 is 16.6 Å². The van der Waals surface area contributed by atoms with Crippen LogP contribution in [-0.4, -0.2) is 25.7 Å². The molecule has 1 aromatic carbocycles. The smallest absolute Gasteiger partial charge is 0.381 e. The summed E-state index contributed by atoms with van der Waals surface area (Å²) in [5.74, 6) is 4.71. The molecule has 5 nitrogen and oxygen atoms in total. The number of carbonyl (C=O) groups excluding carboxylic acids is 1. The van der Waals surface area contributed by atoms with Crippen molar-refractivity contribution >= 4 is 11.6 Å². The fourth-order valence-electron chi connectivity index (χ4n) is 2.13. The molecule has 1 saturated heterocycles. The number of nitrogens with one attached hydrogen (secondary N) is 2. The third-order valence-electron chi connectivity index (χ3n) is 3.32. The van der Waals surface area contributed by atoms with Crippen molar-refractivity contribution in [2.24, 2.45) is 11.8 Å². The predicted octanol–water partition coefficient (Wildman–Crippen LogP) is 1.76. The molecule has 1 aliphatic heterocycles. The molecule has 0 bridgehead atoms. The molecule has 2 rings (SSSR count). The van der Waals surface area contributed by atoms with Crippen LogP contribution >= 0.6 is 0 Å². The first-order chi connectivity index (χ1) is 9.91. The van der Waals surface area contributed by atoms with Crippen molar-refractivity contribution in [3.63, 3.8) is 0 Å². The second kappa shape index (κ2) is 6.31. The minimum atomic E-state index is -4.59. The van der Waals surface area contributed by atoms with Crippen LogP contribution in [-0.2, 0) is 10.9 Å². The molecule has 8 heteroatoms. The highest BCUT2D eigenvalue weighted by Crippen LogP contribution is 2.35. The van der Waals surface area contributed by atoms with Gasteiger partial charge in [-0.1, -0.05) is 0 Å². The fraction of sp³-hybridized carbons (Fsp3) is 0.462. The zero-order chi connectivity index (χ0) is 15.5. The van der Waals surface area contributed by atoms with E-state index in [-0.39, 0.29) is 17.2 Å². The predicted molar refractivity (Wildman–Crippen MR) is 70.5 cm³/mol. The lowest BCUT2D eigenvalue weighted by Gasteiger charge is -2.14. The number of ether oxygens (including phenoxy) is 1. The minimum absolute atomic E-state index is 0.0553. The summed E-state index contributed by atoms with van der Waals surface area (Å²) in [6.45, 7) is 1.59. The van der Waals surface area contributed by atoms with Gasteiger partial charge < -0.3 is 15.5 Å². The number of carbonyl (C=O) groups is 1. The zero-order valence-corrected chi connectivity index (χ0v) is 11.2. The summed E-state index contributed by atoms with van der Waals surface area (Å²) in [5.41, 5.74) is 0.676. The maximum atomic E-state index is 12.9. The van der Waals surface area contributed by atoms with Crippen molar-refractivity contribution in [3.05, 3.63) is 29.3 Å². The summed E-state index contributed by atoms with van der Waals surface area (Å²) >= 11 is 0. The SMILES string of the molecule is NNc1ccc(C(=O)NCC2CCOC2)cc1C(F)(F)F. The van der Waals surface area contributed by atoms with Gasteiger partial charge in [-0.05, 0) is 24.6 Å². The molecule has 0 saturated carbocycles. The number of rotatable bonds is 4. The molecule has 0 spiro atoms. The van der Waals surface area contributed by atoms with Crippen LogP contribution in [0.25, 0.3) is 0 Å². The van der Waals surface area contributed by atoms with Crippen molar-refractivity contribution < 1.29 is 22.7 Å². The number of halogens is 3. The maximum absolute atomic E-state index is 12.9. The fourth-order valence-corrected chi connectivity index (χ4v) is 2.13. The van der Waals surface area contributed by atoms with E-state index in [1.54, 1.807) is 0 Å². The maximum Gasteiger partial charge on any atom is 0.418 e. The largest absolute Gasteiger partial charge is 0.418 e. The van der Waals surface area contributed by atoms with Gasteiger partial charge in [0.15, 0.2) is 0 Å². The molecule has 0 radical (unpaired) electrons. The molecule has 1 heterocycles. The van der Waals surface area contributed by atoms with E-state index in [4.69, 9.17) is 10.6 Å².